The number of sulfonamides is 1. The molecule has 0 aromatic heterocycles. The van der Waals surface area contributed by atoms with Crippen LogP contribution in [0.25, 0.3) is 0 Å². The van der Waals surface area contributed by atoms with E-state index in [2.05, 4.69) is 0 Å². The minimum Gasteiger partial charge on any atom is -0.377 e. The fraction of sp³-hybridized carbons (Fsp3) is 0.500. The van der Waals surface area contributed by atoms with Gasteiger partial charge in [-0.3, -0.25) is 0 Å². The molecule has 1 unspecified atom stereocenters. The van der Waals surface area contributed by atoms with Gasteiger partial charge in [0.25, 0.3) is 0 Å². The van der Waals surface area contributed by atoms with Gasteiger partial charge in [-0.2, -0.15) is 9.57 Å². The molecule has 2 rings (SSSR count). The Balaban J connectivity index is 2.30. The van der Waals surface area contributed by atoms with Crippen LogP contribution in [0.1, 0.15) is 19.3 Å². The Kier molecular flexibility index (Phi) is 6.07. The van der Waals surface area contributed by atoms with Crippen LogP contribution in [-0.2, 0) is 14.8 Å². The zero-order valence-corrected chi connectivity index (χ0v) is 14.2. The van der Waals surface area contributed by atoms with E-state index in [0.29, 0.717) is 11.6 Å². The van der Waals surface area contributed by atoms with Crippen molar-refractivity contribution in [3.8, 4) is 6.07 Å². The van der Waals surface area contributed by atoms with Crippen molar-refractivity contribution < 1.29 is 13.2 Å². The summed E-state index contributed by atoms with van der Waals surface area (Å²) in [5, 5.41) is 9.16. The fourth-order valence-electron chi connectivity index (χ4n) is 2.31. The lowest BCUT2D eigenvalue weighted by Gasteiger charge is -2.24. The lowest BCUT2D eigenvalue weighted by molar-refractivity contribution is 0.0941. The summed E-state index contributed by atoms with van der Waals surface area (Å²) in [6.45, 7) is 0.948. The molecule has 0 saturated carbocycles. The molecule has 8 heteroatoms. The predicted octanol–water partition coefficient (Wildman–Crippen LogP) is 3.08. The molecule has 22 heavy (non-hydrogen) atoms. The van der Waals surface area contributed by atoms with Crippen LogP contribution in [0.3, 0.4) is 0 Å². The molecule has 120 valence electrons. The number of halogens is 2. The quantitative estimate of drug-likeness (QED) is 0.779. The van der Waals surface area contributed by atoms with Gasteiger partial charge in [0.1, 0.15) is 4.90 Å². The number of ether oxygens (including phenoxy) is 1. The lowest BCUT2D eigenvalue weighted by Crippen LogP contribution is -2.38. The zero-order chi connectivity index (χ0) is 16.2. The van der Waals surface area contributed by atoms with E-state index in [1.165, 1.54) is 22.5 Å². The summed E-state index contributed by atoms with van der Waals surface area (Å²) >= 11 is 11.9. The number of benzene rings is 1. The van der Waals surface area contributed by atoms with Crippen LogP contribution in [0.4, 0.5) is 0 Å². The van der Waals surface area contributed by atoms with Gasteiger partial charge < -0.3 is 4.74 Å². The van der Waals surface area contributed by atoms with E-state index in [1.54, 1.807) is 0 Å². The van der Waals surface area contributed by atoms with Crippen molar-refractivity contribution in [2.75, 3.05) is 19.7 Å². The van der Waals surface area contributed by atoms with Gasteiger partial charge in [0.05, 0.1) is 17.2 Å². The summed E-state index contributed by atoms with van der Waals surface area (Å²) in [5.41, 5.74) is 0. The Morgan fingerprint density at radius 3 is 2.82 bits per heavy atom. The first kappa shape index (κ1) is 17.5. The molecule has 1 fully saturated rings. The molecule has 1 aromatic rings. The van der Waals surface area contributed by atoms with Crippen LogP contribution in [0.5, 0.6) is 0 Å². The van der Waals surface area contributed by atoms with Crippen molar-refractivity contribution in [2.24, 2.45) is 0 Å². The number of rotatable bonds is 6. The molecule has 1 atom stereocenters. The Labute approximate surface area is 140 Å². The van der Waals surface area contributed by atoms with Crippen molar-refractivity contribution in [1.82, 2.24) is 4.31 Å². The normalized spacial score (nSPS) is 18.5. The molecular formula is C14H16Cl2N2O3S. The van der Waals surface area contributed by atoms with Crippen LogP contribution < -0.4 is 0 Å². The lowest BCUT2D eigenvalue weighted by atomic mass is 10.2. The van der Waals surface area contributed by atoms with Gasteiger partial charge in [-0.25, -0.2) is 8.42 Å². The highest BCUT2D eigenvalue weighted by Gasteiger charge is 2.30. The van der Waals surface area contributed by atoms with E-state index in [4.69, 9.17) is 33.2 Å². The van der Waals surface area contributed by atoms with Crippen molar-refractivity contribution in [1.29, 1.82) is 5.26 Å². The third-order valence-electron chi connectivity index (χ3n) is 3.42. The molecule has 0 radical (unpaired) electrons. The van der Waals surface area contributed by atoms with Crippen LogP contribution in [0.2, 0.25) is 10.0 Å². The summed E-state index contributed by atoms with van der Waals surface area (Å²) in [5.74, 6) is 0. The first-order chi connectivity index (χ1) is 10.4. The molecule has 1 aromatic carbocycles. The minimum atomic E-state index is -3.83. The van der Waals surface area contributed by atoms with Crippen LogP contribution in [0.15, 0.2) is 23.1 Å². The topological polar surface area (TPSA) is 70.4 Å². The first-order valence-corrected chi connectivity index (χ1v) is 9.08. The SMILES string of the molecule is N#CCCN(CC1CCCO1)S(=O)(=O)c1cc(Cl)ccc1Cl. The molecule has 0 bridgehead atoms. The Morgan fingerprint density at radius 1 is 1.41 bits per heavy atom. The molecular weight excluding hydrogens is 347 g/mol. The predicted molar refractivity (Wildman–Crippen MR) is 84.4 cm³/mol. The maximum atomic E-state index is 12.8. The molecule has 0 spiro atoms. The third kappa shape index (κ3) is 4.12. The molecule has 0 N–H and O–H groups in total. The highest BCUT2D eigenvalue weighted by molar-refractivity contribution is 7.89. The maximum absolute atomic E-state index is 12.8. The van der Waals surface area contributed by atoms with E-state index in [0.717, 1.165) is 12.8 Å². The summed E-state index contributed by atoms with van der Waals surface area (Å²) in [7, 11) is -3.83. The zero-order valence-electron chi connectivity index (χ0n) is 11.8. The highest BCUT2D eigenvalue weighted by Crippen LogP contribution is 2.28. The molecule has 0 aliphatic carbocycles. The van der Waals surface area contributed by atoms with Gasteiger partial charge in [0.2, 0.25) is 10.0 Å². The van der Waals surface area contributed by atoms with E-state index >= 15 is 0 Å². The summed E-state index contributed by atoms with van der Waals surface area (Å²) in [6, 6.07) is 6.27. The molecule has 5 nitrogen and oxygen atoms in total. The summed E-state index contributed by atoms with van der Waals surface area (Å²) < 4.78 is 32.4. The number of hydrogen-bond acceptors (Lipinski definition) is 4. The van der Waals surface area contributed by atoms with Crippen LogP contribution >= 0.6 is 23.2 Å². The molecule has 0 amide bonds. The second-order valence-electron chi connectivity index (χ2n) is 4.98. The van der Waals surface area contributed by atoms with Gasteiger partial charge in [0, 0.05) is 31.1 Å². The fourth-order valence-corrected chi connectivity index (χ4v) is 4.52. The van der Waals surface area contributed by atoms with E-state index in [1.807, 2.05) is 6.07 Å². The smallest absolute Gasteiger partial charge is 0.244 e. The van der Waals surface area contributed by atoms with Gasteiger partial charge in [-0.15, -0.1) is 0 Å². The highest BCUT2D eigenvalue weighted by atomic mass is 35.5. The Hall–Kier alpha value is -0.840. The average molecular weight is 363 g/mol. The van der Waals surface area contributed by atoms with Crippen molar-refractivity contribution in [3.63, 3.8) is 0 Å². The van der Waals surface area contributed by atoms with Crippen molar-refractivity contribution in [3.05, 3.63) is 28.2 Å². The molecule has 1 heterocycles. The molecule has 1 aliphatic rings. The van der Waals surface area contributed by atoms with Gasteiger partial charge >= 0.3 is 0 Å². The second-order valence-corrected chi connectivity index (χ2v) is 7.73. The van der Waals surface area contributed by atoms with E-state index < -0.39 is 10.0 Å². The number of nitrogens with zero attached hydrogens (tertiary/aromatic N) is 2. The largest absolute Gasteiger partial charge is 0.377 e. The standard InChI is InChI=1S/C14H16Cl2N2O3S/c15-11-4-5-13(16)14(9-11)22(19,20)18(7-2-6-17)10-12-3-1-8-21-12/h4-5,9,12H,1-3,7-8,10H2. The van der Waals surface area contributed by atoms with Gasteiger partial charge in [-0.05, 0) is 31.0 Å². The first-order valence-electron chi connectivity index (χ1n) is 6.89. The van der Waals surface area contributed by atoms with Crippen LogP contribution in [0, 0.1) is 11.3 Å². The van der Waals surface area contributed by atoms with Crippen LogP contribution in [-0.4, -0.2) is 38.5 Å². The number of hydrogen-bond donors (Lipinski definition) is 0. The van der Waals surface area contributed by atoms with Gasteiger partial charge in [0.15, 0.2) is 0 Å². The van der Waals surface area contributed by atoms with Gasteiger partial charge in [-0.1, -0.05) is 23.2 Å². The maximum Gasteiger partial charge on any atom is 0.244 e. The monoisotopic (exact) mass is 362 g/mol. The second kappa shape index (κ2) is 7.62. The van der Waals surface area contributed by atoms with Crippen molar-refractivity contribution >= 4 is 33.2 Å². The number of nitriles is 1. The molecule has 1 aliphatic heterocycles. The summed E-state index contributed by atoms with van der Waals surface area (Å²) in [4.78, 5) is -0.0439. The van der Waals surface area contributed by atoms with E-state index in [-0.39, 0.29) is 35.5 Å². The Morgan fingerprint density at radius 2 is 2.18 bits per heavy atom. The van der Waals surface area contributed by atoms with E-state index in [9.17, 15) is 8.42 Å². The minimum absolute atomic E-state index is 0.0439. The third-order valence-corrected chi connectivity index (χ3v) is 6.00. The van der Waals surface area contributed by atoms with Crippen molar-refractivity contribution in [2.45, 2.75) is 30.3 Å². The summed E-state index contributed by atoms with van der Waals surface area (Å²) in [6.07, 6.45) is 1.67. The Bertz CT molecular complexity index is 667. The molecule has 1 saturated heterocycles. The average Bonchev–Trinajstić information content (AvgIpc) is 2.98.